The zero-order valence-electron chi connectivity index (χ0n) is 19.1. The lowest BCUT2D eigenvalue weighted by Gasteiger charge is -2.27. The van der Waals surface area contributed by atoms with Gasteiger partial charge in [0.1, 0.15) is 15.8 Å². The summed E-state index contributed by atoms with van der Waals surface area (Å²) in [6.45, 7) is 8.90. The average molecular weight is 471 g/mol. The zero-order chi connectivity index (χ0) is 23.0. The Labute approximate surface area is 198 Å². The van der Waals surface area contributed by atoms with E-state index in [0.717, 1.165) is 37.2 Å². The molecule has 1 amide bonds. The third-order valence-electron chi connectivity index (χ3n) is 6.06. The molecule has 2 aliphatic rings. The normalized spacial score (nSPS) is 23.0. The Bertz CT molecular complexity index is 1150. The molecule has 1 saturated carbocycles. The van der Waals surface area contributed by atoms with Crippen molar-refractivity contribution in [3.8, 4) is 0 Å². The summed E-state index contributed by atoms with van der Waals surface area (Å²) in [5.41, 5.74) is 1.80. The van der Waals surface area contributed by atoms with E-state index >= 15 is 0 Å². The van der Waals surface area contributed by atoms with Gasteiger partial charge in [-0.05, 0) is 62.1 Å². The van der Waals surface area contributed by atoms with E-state index in [1.165, 1.54) is 11.8 Å². The number of carbonyl (C=O) groups excluding carboxylic acids is 1. The van der Waals surface area contributed by atoms with Crippen molar-refractivity contribution in [1.82, 2.24) is 14.3 Å². The van der Waals surface area contributed by atoms with Crippen LogP contribution in [0.25, 0.3) is 11.7 Å². The molecule has 0 aromatic carbocycles. The number of anilines is 1. The number of amides is 1. The highest BCUT2D eigenvalue weighted by molar-refractivity contribution is 8.26. The first-order valence-electron chi connectivity index (χ1n) is 11.3. The summed E-state index contributed by atoms with van der Waals surface area (Å²) in [5.74, 6) is 1.44. The lowest BCUT2D eigenvalue weighted by atomic mass is 9.87. The van der Waals surface area contributed by atoms with Crippen molar-refractivity contribution >= 4 is 51.7 Å². The maximum Gasteiger partial charge on any atom is 0.267 e. The third-order valence-corrected chi connectivity index (χ3v) is 7.44. The van der Waals surface area contributed by atoms with Crippen molar-refractivity contribution in [2.24, 2.45) is 11.8 Å². The van der Waals surface area contributed by atoms with Crippen molar-refractivity contribution in [1.29, 1.82) is 0 Å². The molecule has 32 heavy (non-hydrogen) atoms. The van der Waals surface area contributed by atoms with Gasteiger partial charge in [-0.2, -0.15) is 0 Å². The Hall–Kier alpha value is -2.19. The number of rotatable bonds is 5. The van der Waals surface area contributed by atoms with Gasteiger partial charge in [0, 0.05) is 18.8 Å². The first-order valence-corrected chi connectivity index (χ1v) is 12.5. The van der Waals surface area contributed by atoms with Crippen molar-refractivity contribution in [2.75, 3.05) is 11.9 Å². The van der Waals surface area contributed by atoms with Crippen LogP contribution >= 0.6 is 24.0 Å². The van der Waals surface area contributed by atoms with Crippen LogP contribution in [-0.2, 0) is 4.79 Å². The largest absolute Gasteiger partial charge is 0.367 e. The molecule has 1 saturated heterocycles. The van der Waals surface area contributed by atoms with Gasteiger partial charge in [-0.25, -0.2) is 4.98 Å². The number of nitrogens with one attached hydrogen (secondary N) is 1. The molecule has 2 fully saturated rings. The van der Waals surface area contributed by atoms with E-state index in [0.29, 0.717) is 38.7 Å². The smallest absolute Gasteiger partial charge is 0.267 e. The van der Waals surface area contributed by atoms with Gasteiger partial charge in [0.15, 0.2) is 0 Å². The van der Waals surface area contributed by atoms with E-state index in [1.54, 1.807) is 21.6 Å². The van der Waals surface area contributed by atoms with Crippen LogP contribution in [-0.4, -0.2) is 37.1 Å². The van der Waals surface area contributed by atoms with Gasteiger partial charge < -0.3 is 5.32 Å². The number of carbonyl (C=O) groups is 1. The van der Waals surface area contributed by atoms with Crippen LogP contribution in [0.2, 0.25) is 0 Å². The summed E-state index contributed by atoms with van der Waals surface area (Å²) in [5, 5.41) is 3.53. The number of hydrogen-bond acceptors (Lipinski definition) is 6. The Kier molecular flexibility index (Phi) is 6.72. The number of aryl methyl sites for hydroxylation is 1. The lowest BCUT2D eigenvalue weighted by Crippen LogP contribution is -2.31. The number of hydrogen-bond donors (Lipinski definition) is 1. The highest BCUT2D eigenvalue weighted by atomic mass is 32.2. The molecule has 2 aromatic heterocycles. The summed E-state index contributed by atoms with van der Waals surface area (Å²) in [4.78, 5) is 33.4. The third kappa shape index (κ3) is 4.76. The quantitative estimate of drug-likeness (QED) is 0.498. The second-order valence-corrected chi connectivity index (χ2v) is 11.1. The van der Waals surface area contributed by atoms with Crippen molar-refractivity contribution in [3.63, 3.8) is 0 Å². The number of thiocarbonyl (C=S) groups is 1. The molecule has 170 valence electrons. The molecule has 1 aliphatic carbocycles. The molecule has 2 aromatic rings. The minimum absolute atomic E-state index is 0.139. The van der Waals surface area contributed by atoms with E-state index < -0.39 is 0 Å². The number of thioether (sulfide) groups is 1. The van der Waals surface area contributed by atoms with Gasteiger partial charge in [0.2, 0.25) is 0 Å². The van der Waals surface area contributed by atoms with Gasteiger partial charge >= 0.3 is 0 Å². The number of nitrogens with zero attached hydrogens (tertiary/aromatic N) is 3. The summed E-state index contributed by atoms with van der Waals surface area (Å²) < 4.78 is 2.10. The van der Waals surface area contributed by atoms with E-state index in [9.17, 15) is 9.59 Å². The average Bonchev–Trinajstić information content (AvgIpc) is 3.00. The highest BCUT2D eigenvalue weighted by Crippen LogP contribution is 2.34. The second kappa shape index (κ2) is 9.35. The molecule has 0 unspecified atom stereocenters. The summed E-state index contributed by atoms with van der Waals surface area (Å²) in [6.07, 6.45) is 7.88. The molecule has 0 bridgehead atoms. The molecule has 1 aliphatic heterocycles. The molecule has 6 nitrogen and oxygen atoms in total. The van der Waals surface area contributed by atoms with E-state index in [-0.39, 0.29) is 17.5 Å². The van der Waals surface area contributed by atoms with Gasteiger partial charge in [-0.3, -0.25) is 18.9 Å². The van der Waals surface area contributed by atoms with Crippen molar-refractivity contribution < 1.29 is 4.79 Å². The topological polar surface area (TPSA) is 66.7 Å². The molecule has 0 atom stereocenters. The molecule has 8 heteroatoms. The maximum atomic E-state index is 13.5. The highest BCUT2D eigenvalue weighted by Gasteiger charge is 2.33. The van der Waals surface area contributed by atoms with Crippen LogP contribution in [0.4, 0.5) is 5.82 Å². The Morgan fingerprint density at radius 2 is 1.97 bits per heavy atom. The fourth-order valence-corrected chi connectivity index (χ4v) is 5.51. The predicted molar refractivity (Wildman–Crippen MR) is 136 cm³/mol. The zero-order valence-corrected chi connectivity index (χ0v) is 20.7. The minimum Gasteiger partial charge on any atom is -0.367 e. The lowest BCUT2D eigenvalue weighted by molar-refractivity contribution is -0.122. The van der Waals surface area contributed by atoms with E-state index in [2.05, 4.69) is 26.1 Å². The van der Waals surface area contributed by atoms with Crippen LogP contribution in [0, 0.1) is 18.8 Å². The van der Waals surface area contributed by atoms with Crippen LogP contribution in [0.1, 0.15) is 57.6 Å². The van der Waals surface area contributed by atoms with Gasteiger partial charge in [-0.15, -0.1) is 0 Å². The Balaban J connectivity index is 1.77. The second-order valence-electron chi connectivity index (χ2n) is 9.40. The Morgan fingerprint density at radius 1 is 1.25 bits per heavy atom. The molecule has 0 radical (unpaired) electrons. The van der Waals surface area contributed by atoms with Crippen LogP contribution in [0.5, 0.6) is 0 Å². The van der Waals surface area contributed by atoms with Gasteiger partial charge in [-0.1, -0.05) is 50.8 Å². The SMILES string of the molecule is Cc1ccc2nc(NC3CCC(C)CC3)c(/C=C3/SC(=S)N(CC(C)C)C3=O)c(=O)n2c1. The number of pyridine rings is 1. The molecule has 3 heterocycles. The minimum atomic E-state index is -0.181. The molecule has 4 rings (SSSR count). The first kappa shape index (κ1) is 23.0. The van der Waals surface area contributed by atoms with Crippen LogP contribution in [0.3, 0.4) is 0 Å². The van der Waals surface area contributed by atoms with Crippen LogP contribution < -0.4 is 10.9 Å². The summed E-state index contributed by atoms with van der Waals surface area (Å²) >= 11 is 6.70. The molecule has 1 N–H and O–H groups in total. The fraction of sp³-hybridized carbons (Fsp3) is 0.500. The standard InChI is InChI=1S/C24H30N4O2S2/c1-14(2)12-28-23(30)19(32-24(28)31)11-18-21(25-17-8-5-15(3)6-9-17)26-20-10-7-16(4)13-27(20)22(18)29/h7,10-11,13-15,17,25H,5-6,8-9,12H2,1-4H3/b19-11+. The summed E-state index contributed by atoms with van der Waals surface area (Å²) in [7, 11) is 0. The predicted octanol–water partition coefficient (Wildman–Crippen LogP) is 4.85. The number of aromatic nitrogens is 2. The molecular weight excluding hydrogens is 440 g/mol. The van der Waals surface area contributed by atoms with Gasteiger partial charge in [0.05, 0.1) is 10.5 Å². The van der Waals surface area contributed by atoms with E-state index in [1.807, 2.05) is 19.1 Å². The van der Waals surface area contributed by atoms with Gasteiger partial charge in [0.25, 0.3) is 11.5 Å². The van der Waals surface area contributed by atoms with Crippen molar-refractivity contribution in [2.45, 2.75) is 59.4 Å². The first-order chi connectivity index (χ1) is 15.2. The monoisotopic (exact) mass is 470 g/mol. The Morgan fingerprint density at radius 3 is 2.66 bits per heavy atom. The maximum absolute atomic E-state index is 13.5. The van der Waals surface area contributed by atoms with Crippen molar-refractivity contribution in [3.05, 3.63) is 44.7 Å². The summed E-state index contributed by atoms with van der Waals surface area (Å²) in [6, 6.07) is 4.08. The molecule has 0 spiro atoms. The number of fused-ring (bicyclic) bond motifs is 1. The van der Waals surface area contributed by atoms with Crippen LogP contribution in [0.15, 0.2) is 28.0 Å². The fourth-order valence-electron chi connectivity index (χ4n) is 4.25. The van der Waals surface area contributed by atoms with E-state index in [4.69, 9.17) is 17.2 Å². The molecular formula is C24H30N4O2S2.